The van der Waals surface area contributed by atoms with E-state index in [9.17, 15) is 0 Å². The van der Waals surface area contributed by atoms with E-state index in [2.05, 4.69) is 17.1 Å². The van der Waals surface area contributed by atoms with Crippen molar-refractivity contribution < 1.29 is 14.2 Å². The molecule has 4 atom stereocenters. The van der Waals surface area contributed by atoms with E-state index < -0.39 is 0 Å². The van der Waals surface area contributed by atoms with Crippen LogP contribution in [0.4, 0.5) is 0 Å². The SMILES string of the molecule is CCNC(CN1CC(OC)C(OC)C1)C1CCOC1. The second-order valence-corrected chi connectivity index (χ2v) is 5.55. The van der Waals surface area contributed by atoms with Crippen molar-refractivity contribution in [2.45, 2.75) is 31.6 Å². The van der Waals surface area contributed by atoms with Gasteiger partial charge in [0.15, 0.2) is 0 Å². The lowest BCUT2D eigenvalue weighted by molar-refractivity contribution is -0.00461. The van der Waals surface area contributed by atoms with Crippen molar-refractivity contribution in [3.8, 4) is 0 Å². The minimum absolute atomic E-state index is 0.201. The van der Waals surface area contributed by atoms with Crippen molar-refractivity contribution in [3.05, 3.63) is 0 Å². The molecule has 5 nitrogen and oxygen atoms in total. The standard InChI is InChI=1S/C14H28N2O3/c1-4-15-12(11-5-6-19-10-11)7-16-8-13(17-2)14(9-16)18-3/h11-15H,4-10H2,1-3H3. The summed E-state index contributed by atoms with van der Waals surface area (Å²) in [7, 11) is 3.54. The molecule has 0 radical (unpaired) electrons. The van der Waals surface area contributed by atoms with E-state index in [4.69, 9.17) is 14.2 Å². The van der Waals surface area contributed by atoms with Gasteiger partial charge in [0.25, 0.3) is 0 Å². The molecule has 1 N–H and O–H groups in total. The summed E-state index contributed by atoms with van der Waals surface area (Å²) in [6.45, 7) is 7.97. The molecule has 2 aliphatic rings. The molecule has 2 heterocycles. The van der Waals surface area contributed by atoms with Crippen LogP contribution in [-0.4, -0.2) is 76.8 Å². The third kappa shape index (κ3) is 3.89. The molecular formula is C14H28N2O3. The van der Waals surface area contributed by atoms with E-state index >= 15 is 0 Å². The van der Waals surface area contributed by atoms with Gasteiger partial charge >= 0.3 is 0 Å². The van der Waals surface area contributed by atoms with E-state index in [-0.39, 0.29) is 12.2 Å². The van der Waals surface area contributed by atoms with Crippen molar-refractivity contribution in [2.75, 3.05) is 53.6 Å². The van der Waals surface area contributed by atoms with Crippen molar-refractivity contribution in [1.82, 2.24) is 10.2 Å². The number of nitrogens with zero attached hydrogens (tertiary/aromatic N) is 1. The third-order valence-electron chi connectivity index (χ3n) is 4.35. The Balaban J connectivity index is 1.86. The fourth-order valence-corrected chi connectivity index (χ4v) is 3.21. The molecule has 19 heavy (non-hydrogen) atoms. The molecule has 2 aliphatic heterocycles. The molecule has 0 bridgehead atoms. The highest BCUT2D eigenvalue weighted by Crippen LogP contribution is 2.21. The summed E-state index contributed by atoms with van der Waals surface area (Å²) >= 11 is 0. The van der Waals surface area contributed by atoms with Crippen LogP contribution < -0.4 is 5.32 Å². The number of nitrogens with one attached hydrogen (secondary N) is 1. The van der Waals surface area contributed by atoms with Gasteiger partial charge in [-0.2, -0.15) is 0 Å². The van der Waals surface area contributed by atoms with Crippen LogP contribution in [0.5, 0.6) is 0 Å². The Labute approximate surface area is 116 Å². The summed E-state index contributed by atoms with van der Waals surface area (Å²) in [5.74, 6) is 0.641. The fraction of sp³-hybridized carbons (Fsp3) is 1.00. The van der Waals surface area contributed by atoms with E-state index in [0.717, 1.165) is 39.4 Å². The Morgan fingerprint density at radius 2 is 1.95 bits per heavy atom. The maximum atomic E-state index is 5.53. The summed E-state index contributed by atoms with van der Waals surface area (Å²) in [5, 5.41) is 3.61. The molecule has 112 valence electrons. The van der Waals surface area contributed by atoms with Gasteiger partial charge in [0.05, 0.1) is 18.8 Å². The van der Waals surface area contributed by atoms with Crippen LogP contribution in [0.25, 0.3) is 0 Å². The van der Waals surface area contributed by atoms with Crippen molar-refractivity contribution in [1.29, 1.82) is 0 Å². The molecule has 2 fully saturated rings. The molecule has 0 aliphatic carbocycles. The first-order chi connectivity index (χ1) is 9.28. The molecule has 0 aromatic rings. The Kier molecular flexibility index (Phi) is 6.04. The predicted octanol–water partition coefficient (Wildman–Crippen LogP) is 0.347. The van der Waals surface area contributed by atoms with Crippen LogP contribution in [0.15, 0.2) is 0 Å². The number of hydrogen-bond donors (Lipinski definition) is 1. The Bertz CT molecular complexity index is 247. The summed E-state index contributed by atoms with van der Waals surface area (Å²) < 4.78 is 16.5. The number of hydrogen-bond acceptors (Lipinski definition) is 5. The molecule has 0 amide bonds. The molecule has 4 unspecified atom stereocenters. The molecule has 0 aromatic heterocycles. The highest BCUT2D eigenvalue weighted by Gasteiger charge is 2.35. The molecule has 0 aromatic carbocycles. The number of ether oxygens (including phenoxy) is 3. The monoisotopic (exact) mass is 272 g/mol. The van der Waals surface area contributed by atoms with Gasteiger partial charge in [0.2, 0.25) is 0 Å². The molecule has 2 rings (SSSR count). The maximum absolute atomic E-state index is 5.53. The summed E-state index contributed by atoms with van der Waals surface area (Å²) in [6, 6.07) is 0.514. The molecule has 0 saturated carbocycles. The minimum atomic E-state index is 0.201. The molecular weight excluding hydrogens is 244 g/mol. The average Bonchev–Trinajstić information content (AvgIpc) is 3.07. The second-order valence-electron chi connectivity index (χ2n) is 5.55. The van der Waals surface area contributed by atoms with Crippen LogP contribution in [0.3, 0.4) is 0 Å². The lowest BCUT2D eigenvalue weighted by atomic mass is 9.98. The normalized spacial score (nSPS) is 33.9. The summed E-state index contributed by atoms with van der Waals surface area (Å²) in [5.41, 5.74) is 0. The molecule has 5 heteroatoms. The van der Waals surface area contributed by atoms with Gasteiger partial charge in [0, 0.05) is 52.4 Å². The quantitative estimate of drug-likeness (QED) is 0.724. The van der Waals surface area contributed by atoms with Gasteiger partial charge in [-0.15, -0.1) is 0 Å². The zero-order chi connectivity index (χ0) is 13.7. The van der Waals surface area contributed by atoms with Gasteiger partial charge in [-0.25, -0.2) is 0 Å². The van der Waals surface area contributed by atoms with Crippen LogP contribution in [0, 0.1) is 5.92 Å². The van der Waals surface area contributed by atoms with Crippen molar-refractivity contribution in [2.24, 2.45) is 5.92 Å². The van der Waals surface area contributed by atoms with E-state index in [1.807, 2.05) is 0 Å². The Morgan fingerprint density at radius 1 is 1.26 bits per heavy atom. The highest BCUT2D eigenvalue weighted by molar-refractivity contribution is 4.90. The third-order valence-corrected chi connectivity index (χ3v) is 4.35. The van der Waals surface area contributed by atoms with Gasteiger partial charge < -0.3 is 19.5 Å². The van der Waals surface area contributed by atoms with E-state index in [1.165, 1.54) is 6.42 Å². The maximum Gasteiger partial charge on any atom is 0.0971 e. The number of likely N-dealkylation sites (tertiary alicyclic amines) is 1. The lowest BCUT2D eigenvalue weighted by Gasteiger charge is -2.28. The first-order valence-corrected chi connectivity index (χ1v) is 7.37. The smallest absolute Gasteiger partial charge is 0.0971 e. The molecule has 0 spiro atoms. The van der Waals surface area contributed by atoms with Crippen molar-refractivity contribution >= 4 is 0 Å². The minimum Gasteiger partial charge on any atom is -0.381 e. The zero-order valence-corrected chi connectivity index (χ0v) is 12.4. The fourth-order valence-electron chi connectivity index (χ4n) is 3.21. The van der Waals surface area contributed by atoms with Crippen LogP contribution in [0.1, 0.15) is 13.3 Å². The van der Waals surface area contributed by atoms with Gasteiger partial charge in [-0.05, 0) is 13.0 Å². The summed E-state index contributed by atoms with van der Waals surface area (Å²) in [6.07, 6.45) is 1.58. The Morgan fingerprint density at radius 3 is 2.42 bits per heavy atom. The number of rotatable bonds is 7. The average molecular weight is 272 g/mol. The van der Waals surface area contributed by atoms with Crippen LogP contribution in [-0.2, 0) is 14.2 Å². The van der Waals surface area contributed by atoms with Gasteiger partial charge in [-0.3, -0.25) is 4.90 Å². The van der Waals surface area contributed by atoms with E-state index in [0.29, 0.717) is 12.0 Å². The largest absolute Gasteiger partial charge is 0.381 e. The van der Waals surface area contributed by atoms with Gasteiger partial charge in [0.1, 0.15) is 0 Å². The number of likely N-dealkylation sites (N-methyl/N-ethyl adjacent to an activating group) is 1. The van der Waals surface area contributed by atoms with Crippen LogP contribution in [0.2, 0.25) is 0 Å². The number of methoxy groups -OCH3 is 2. The first kappa shape index (κ1) is 15.2. The van der Waals surface area contributed by atoms with Gasteiger partial charge in [-0.1, -0.05) is 6.92 Å². The zero-order valence-electron chi connectivity index (χ0n) is 12.4. The Hall–Kier alpha value is -0.200. The lowest BCUT2D eigenvalue weighted by Crippen LogP contribution is -2.45. The highest BCUT2D eigenvalue weighted by atomic mass is 16.5. The van der Waals surface area contributed by atoms with E-state index in [1.54, 1.807) is 14.2 Å². The summed E-state index contributed by atoms with van der Waals surface area (Å²) in [4.78, 5) is 2.45. The van der Waals surface area contributed by atoms with Crippen LogP contribution >= 0.6 is 0 Å². The molecule has 2 saturated heterocycles. The first-order valence-electron chi connectivity index (χ1n) is 7.37. The van der Waals surface area contributed by atoms with Crippen molar-refractivity contribution in [3.63, 3.8) is 0 Å². The topological polar surface area (TPSA) is 43.0 Å². The second kappa shape index (κ2) is 7.55. The predicted molar refractivity (Wildman–Crippen MR) is 74.4 cm³/mol.